The summed E-state index contributed by atoms with van der Waals surface area (Å²) in [5.74, 6) is 3.19. The minimum Gasteiger partial charge on any atom is -0.461 e. The normalized spacial score (nSPS) is 22.8. The fourth-order valence-electron chi connectivity index (χ4n) is 8.95. The number of ether oxygens (including phenoxy) is 2. The van der Waals surface area contributed by atoms with Gasteiger partial charge in [-0.15, -0.1) is 10.2 Å². The van der Waals surface area contributed by atoms with E-state index in [9.17, 15) is 4.79 Å². The van der Waals surface area contributed by atoms with Gasteiger partial charge in [-0.3, -0.25) is 9.25 Å². The standard InChI is InChI=1S/C38H48N8O3S2Si/c1-6-49-35(47)33-34(28-21-39-46(24(28)2)22-38-18-25-15-26(19-38)17-27(16-25)20-38)51-36(42-33)40-31-11-12-32(44-43-31)41-37-45(23-48-13-14-52(3,4)5)29-9-7-8-10-30(29)50-37/h7-12,21,25-27H,6,13-20,22-23H2,1-5H3,(H,40,42,43). The molecule has 52 heavy (non-hydrogen) atoms. The number of carbonyl (C=O) groups excluding carboxylic acids is 1. The van der Waals surface area contributed by atoms with Crippen LogP contribution in [0.3, 0.4) is 0 Å². The van der Waals surface area contributed by atoms with Gasteiger partial charge < -0.3 is 14.8 Å². The van der Waals surface area contributed by atoms with E-state index in [2.05, 4.69) is 63.5 Å². The Morgan fingerprint density at radius 3 is 2.48 bits per heavy atom. The second-order valence-corrected chi connectivity index (χ2v) is 23.9. The van der Waals surface area contributed by atoms with Crippen LogP contribution in [0.5, 0.6) is 0 Å². The van der Waals surface area contributed by atoms with E-state index in [-0.39, 0.29) is 12.3 Å². The average molecular weight is 757 g/mol. The first-order chi connectivity index (χ1) is 25.0. The number of anilines is 2. The molecule has 9 rings (SSSR count). The molecule has 11 nitrogen and oxygen atoms in total. The van der Waals surface area contributed by atoms with E-state index < -0.39 is 14.0 Å². The minimum absolute atomic E-state index is 0.268. The average Bonchev–Trinajstić information content (AvgIpc) is 3.77. The molecule has 0 atom stereocenters. The number of carbonyl (C=O) groups is 1. The SMILES string of the molecule is CCOC(=O)c1nc(Nc2ccc(N=c3sc4ccccc4n3COCC[Si](C)(C)C)nn2)sc1-c1cnn(CC23CC4CC(CC(C4)C2)C3)c1C. The van der Waals surface area contributed by atoms with Gasteiger partial charge in [-0.1, -0.05) is 54.4 Å². The molecular formula is C38H48N8O3S2Si. The Bertz CT molecular complexity index is 2110. The molecule has 4 aliphatic carbocycles. The first-order valence-corrected chi connectivity index (χ1v) is 23.9. The fraction of sp³-hybridized carbons (Fsp3) is 0.526. The van der Waals surface area contributed by atoms with Gasteiger partial charge in [0.2, 0.25) is 0 Å². The number of hydrogen-bond donors (Lipinski definition) is 1. The van der Waals surface area contributed by atoms with Gasteiger partial charge >= 0.3 is 5.97 Å². The maximum Gasteiger partial charge on any atom is 0.358 e. The Hall–Kier alpha value is -3.72. The molecule has 1 aromatic carbocycles. The van der Waals surface area contributed by atoms with Crippen LogP contribution in [-0.2, 0) is 22.7 Å². The number of aromatic nitrogens is 6. The smallest absolute Gasteiger partial charge is 0.358 e. The zero-order chi connectivity index (χ0) is 36.0. The van der Waals surface area contributed by atoms with Crippen LogP contribution >= 0.6 is 22.7 Å². The van der Waals surface area contributed by atoms with E-state index in [0.717, 1.165) is 68.1 Å². The van der Waals surface area contributed by atoms with Crippen molar-refractivity contribution in [1.82, 2.24) is 29.5 Å². The third kappa shape index (κ3) is 7.39. The molecule has 1 N–H and O–H groups in total. The van der Waals surface area contributed by atoms with Gasteiger partial charge in [0, 0.05) is 32.5 Å². The van der Waals surface area contributed by atoms with Gasteiger partial charge in [-0.2, -0.15) is 10.1 Å². The lowest BCUT2D eigenvalue weighted by atomic mass is 9.49. The van der Waals surface area contributed by atoms with Gasteiger partial charge in [0.1, 0.15) is 6.73 Å². The van der Waals surface area contributed by atoms with Crippen LogP contribution in [0.1, 0.15) is 61.6 Å². The summed E-state index contributed by atoms with van der Waals surface area (Å²) < 4.78 is 17.0. The Kier molecular flexibility index (Phi) is 9.68. The molecule has 0 unspecified atom stereocenters. The lowest BCUT2D eigenvalue weighted by molar-refractivity contribution is -0.0638. The summed E-state index contributed by atoms with van der Waals surface area (Å²) in [6.07, 6.45) is 10.1. The lowest BCUT2D eigenvalue weighted by Crippen LogP contribution is -2.48. The Morgan fingerprint density at radius 1 is 1.04 bits per heavy atom. The van der Waals surface area contributed by atoms with Crippen LogP contribution in [0.15, 0.2) is 47.6 Å². The zero-order valence-electron chi connectivity index (χ0n) is 30.7. The Morgan fingerprint density at radius 2 is 1.79 bits per heavy atom. The van der Waals surface area contributed by atoms with Crippen molar-refractivity contribution in [2.24, 2.45) is 28.2 Å². The number of hydrogen-bond acceptors (Lipinski definition) is 11. The summed E-state index contributed by atoms with van der Waals surface area (Å²) >= 11 is 3.00. The van der Waals surface area contributed by atoms with Crippen molar-refractivity contribution < 1.29 is 14.3 Å². The van der Waals surface area contributed by atoms with Gasteiger partial charge in [-0.05, 0) is 106 Å². The number of nitrogens with one attached hydrogen (secondary N) is 1. The highest BCUT2D eigenvalue weighted by molar-refractivity contribution is 7.19. The van der Waals surface area contributed by atoms with Crippen LogP contribution in [0.4, 0.5) is 16.8 Å². The van der Waals surface area contributed by atoms with E-state index in [4.69, 9.17) is 24.5 Å². The van der Waals surface area contributed by atoms with Crippen molar-refractivity contribution in [2.75, 3.05) is 18.5 Å². The van der Waals surface area contributed by atoms with E-state index in [0.29, 0.717) is 28.9 Å². The Labute approximate surface area is 313 Å². The van der Waals surface area contributed by atoms with Crippen LogP contribution < -0.4 is 10.1 Å². The minimum atomic E-state index is -1.19. The summed E-state index contributed by atoms with van der Waals surface area (Å²) in [6, 6.07) is 13.0. The van der Waals surface area contributed by atoms with Crippen molar-refractivity contribution in [3.63, 3.8) is 0 Å². The molecule has 4 fully saturated rings. The largest absolute Gasteiger partial charge is 0.461 e. The molecule has 0 radical (unpaired) electrons. The van der Waals surface area contributed by atoms with Crippen molar-refractivity contribution in [3.8, 4) is 10.4 Å². The monoisotopic (exact) mass is 756 g/mol. The second-order valence-electron chi connectivity index (χ2n) is 16.3. The summed E-state index contributed by atoms with van der Waals surface area (Å²) in [5.41, 5.74) is 3.69. The van der Waals surface area contributed by atoms with E-state index >= 15 is 0 Å². The highest BCUT2D eigenvalue weighted by Gasteiger charge is 2.51. The van der Waals surface area contributed by atoms with Crippen molar-refractivity contribution in [1.29, 1.82) is 0 Å². The van der Waals surface area contributed by atoms with Crippen molar-refractivity contribution >= 4 is 63.7 Å². The third-order valence-electron chi connectivity index (χ3n) is 11.0. The maximum atomic E-state index is 13.2. The topological polar surface area (TPSA) is 121 Å². The summed E-state index contributed by atoms with van der Waals surface area (Å²) in [7, 11) is -1.19. The maximum absolute atomic E-state index is 13.2. The second kappa shape index (κ2) is 14.3. The highest BCUT2D eigenvalue weighted by Crippen LogP contribution is 2.60. The molecule has 4 aromatic heterocycles. The third-order valence-corrected chi connectivity index (χ3v) is 14.8. The lowest BCUT2D eigenvalue weighted by Gasteiger charge is -2.56. The molecule has 14 heteroatoms. The van der Waals surface area contributed by atoms with E-state index in [1.54, 1.807) is 11.3 Å². The molecule has 0 aliphatic heterocycles. The molecule has 274 valence electrons. The highest BCUT2D eigenvalue weighted by atomic mass is 32.1. The van der Waals surface area contributed by atoms with Gasteiger partial charge in [-0.25, -0.2) is 9.78 Å². The van der Waals surface area contributed by atoms with Gasteiger partial charge in [0.25, 0.3) is 0 Å². The molecule has 0 spiro atoms. The molecule has 0 amide bonds. The number of fused-ring (bicyclic) bond motifs is 1. The van der Waals surface area contributed by atoms with Crippen LogP contribution in [-0.4, -0.2) is 56.8 Å². The molecular weight excluding hydrogens is 709 g/mol. The van der Waals surface area contributed by atoms with Gasteiger partial charge in [0.05, 0.1) is 27.9 Å². The number of thiazole rings is 2. The first-order valence-electron chi connectivity index (χ1n) is 18.6. The number of benzene rings is 1. The fourth-order valence-corrected chi connectivity index (χ4v) is 11.8. The first kappa shape index (κ1) is 35.3. The number of rotatable bonds is 13. The molecule has 4 bridgehead atoms. The zero-order valence-corrected chi connectivity index (χ0v) is 33.4. The predicted octanol–water partition coefficient (Wildman–Crippen LogP) is 8.80. The molecule has 4 heterocycles. The van der Waals surface area contributed by atoms with E-state index in [1.165, 1.54) is 49.9 Å². The van der Waals surface area contributed by atoms with Crippen molar-refractivity contribution in [3.05, 3.63) is 58.8 Å². The Balaban J connectivity index is 1.02. The number of esters is 1. The van der Waals surface area contributed by atoms with Crippen LogP contribution in [0.2, 0.25) is 25.7 Å². The van der Waals surface area contributed by atoms with E-state index in [1.807, 2.05) is 37.4 Å². The number of para-hydroxylation sites is 1. The molecule has 5 aromatic rings. The molecule has 4 saturated carbocycles. The summed E-state index contributed by atoms with van der Waals surface area (Å²) in [4.78, 5) is 24.3. The molecule has 0 saturated heterocycles. The number of nitrogens with zero attached hydrogens (tertiary/aromatic N) is 7. The van der Waals surface area contributed by atoms with Crippen LogP contribution in [0.25, 0.3) is 20.7 Å². The summed E-state index contributed by atoms with van der Waals surface area (Å²) in [6.45, 7) is 13.3. The van der Waals surface area contributed by atoms with Crippen LogP contribution in [0, 0.1) is 30.1 Å². The van der Waals surface area contributed by atoms with Gasteiger partial charge in [0.15, 0.2) is 27.3 Å². The summed E-state index contributed by atoms with van der Waals surface area (Å²) in [5, 5.41) is 17.5. The molecule has 4 aliphatic rings. The quantitative estimate of drug-likeness (QED) is 0.0719. The van der Waals surface area contributed by atoms with Crippen molar-refractivity contribution in [2.45, 2.75) is 91.3 Å². The predicted molar refractivity (Wildman–Crippen MR) is 209 cm³/mol.